The Hall–Kier alpha value is -3.27. The van der Waals surface area contributed by atoms with Gasteiger partial charge in [-0.1, -0.05) is 88.2 Å². The number of nitrogens with two attached hydrogens (primary N) is 1. The van der Waals surface area contributed by atoms with Crippen LogP contribution >= 0.6 is 0 Å². The molecule has 0 aliphatic carbocycles. The molecule has 0 spiro atoms. The van der Waals surface area contributed by atoms with Crippen molar-refractivity contribution in [1.82, 2.24) is 10.3 Å². The molecule has 2 unspecified atom stereocenters. The molecule has 0 bridgehead atoms. The summed E-state index contributed by atoms with van der Waals surface area (Å²) in [5.41, 5.74) is -0.285. The first kappa shape index (κ1) is 35.9. The van der Waals surface area contributed by atoms with Crippen LogP contribution in [0.25, 0.3) is 11.1 Å². The molecule has 2 rings (SSSR count). The zero-order chi connectivity index (χ0) is 32.2. The van der Waals surface area contributed by atoms with Gasteiger partial charge in [0.25, 0.3) is 0 Å². The van der Waals surface area contributed by atoms with E-state index in [2.05, 4.69) is 5.32 Å². The summed E-state index contributed by atoms with van der Waals surface area (Å²) >= 11 is 0. The Morgan fingerprint density at radius 3 is 2.14 bits per heavy atom. The Bertz CT molecular complexity index is 1180. The van der Waals surface area contributed by atoms with Gasteiger partial charge in [0.2, 0.25) is 11.8 Å². The van der Waals surface area contributed by atoms with Crippen LogP contribution in [0.1, 0.15) is 79.2 Å². The van der Waals surface area contributed by atoms with E-state index in [1.54, 1.807) is 20.8 Å². The first-order chi connectivity index (χ1) is 20.3. The highest BCUT2D eigenvalue weighted by Gasteiger charge is 2.53. The maximum Gasteiger partial charge on any atom is 0.306 e. The number of ether oxygens (including phenoxy) is 1. The molecule has 9 nitrogen and oxygen atoms in total. The molecule has 0 saturated carbocycles. The summed E-state index contributed by atoms with van der Waals surface area (Å²) in [5, 5.41) is 24.8. The van der Waals surface area contributed by atoms with Crippen molar-refractivity contribution in [1.29, 1.82) is 0 Å². The van der Waals surface area contributed by atoms with Gasteiger partial charge in [0.15, 0.2) is 0 Å². The molecule has 2 amide bonds. The summed E-state index contributed by atoms with van der Waals surface area (Å²) in [6.45, 7) is 9.96. The average Bonchev–Trinajstić information content (AvgIpc) is 2.96. The van der Waals surface area contributed by atoms with Crippen molar-refractivity contribution in [2.24, 2.45) is 17.7 Å². The van der Waals surface area contributed by atoms with Crippen LogP contribution in [0.4, 0.5) is 0 Å². The first-order valence-corrected chi connectivity index (χ1v) is 15.3. The van der Waals surface area contributed by atoms with E-state index in [4.69, 9.17) is 10.6 Å². The number of hydrogen-bond donors (Lipinski definition) is 4. The van der Waals surface area contributed by atoms with E-state index in [0.717, 1.165) is 29.0 Å². The van der Waals surface area contributed by atoms with Crippen LogP contribution in [-0.2, 0) is 25.5 Å². The Balaban J connectivity index is 2.81. The first-order valence-electron chi connectivity index (χ1n) is 15.3. The summed E-state index contributed by atoms with van der Waals surface area (Å²) in [6.07, 6.45) is 1.90. The third kappa shape index (κ3) is 9.88. The van der Waals surface area contributed by atoms with Crippen LogP contribution in [0.3, 0.4) is 0 Å². The molecule has 0 heterocycles. The molecule has 0 saturated heterocycles. The van der Waals surface area contributed by atoms with Crippen LogP contribution in [-0.4, -0.2) is 63.4 Å². The molecule has 0 radical (unpaired) electrons. The number of hydrazine groups is 1. The maximum absolute atomic E-state index is 14.6. The summed E-state index contributed by atoms with van der Waals surface area (Å²) in [5.74, 6) is 3.65. The fourth-order valence-corrected chi connectivity index (χ4v) is 5.22. The fourth-order valence-electron chi connectivity index (χ4n) is 5.22. The summed E-state index contributed by atoms with van der Waals surface area (Å²) in [6, 6.07) is 16.5. The van der Waals surface area contributed by atoms with Gasteiger partial charge in [0.1, 0.15) is 11.1 Å². The molecule has 0 aromatic heterocycles. The number of hydrogen-bond acceptors (Lipinski definition) is 7. The highest BCUT2D eigenvalue weighted by Crippen LogP contribution is 2.36. The van der Waals surface area contributed by atoms with Gasteiger partial charge in [-0.05, 0) is 49.8 Å². The lowest BCUT2D eigenvalue weighted by Gasteiger charge is -2.45. The third-order valence-electron chi connectivity index (χ3n) is 7.69. The van der Waals surface area contributed by atoms with Gasteiger partial charge >= 0.3 is 5.97 Å². The zero-order valence-electron chi connectivity index (χ0n) is 26.6. The highest BCUT2D eigenvalue weighted by atomic mass is 16.6. The van der Waals surface area contributed by atoms with Crippen molar-refractivity contribution in [3.05, 3.63) is 60.2 Å². The SMILES string of the molecule is CCCCCC(=O)N(N)[C@@](Cc1ccccc1-c1ccccc1)(C(=O)NC(CO)C(C)C)C(CO)CC(=O)OC(C)(C)C. The second-order valence-corrected chi connectivity index (χ2v) is 12.5. The molecule has 0 aliphatic heterocycles. The average molecular weight is 598 g/mol. The number of rotatable bonds is 16. The van der Waals surface area contributed by atoms with Crippen LogP contribution < -0.4 is 11.2 Å². The van der Waals surface area contributed by atoms with Crippen molar-refractivity contribution >= 4 is 17.8 Å². The lowest BCUT2D eigenvalue weighted by molar-refractivity contribution is -0.164. The second-order valence-electron chi connectivity index (χ2n) is 12.5. The van der Waals surface area contributed by atoms with Crippen LogP contribution in [0.5, 0.6) is 0 Å². The van der Waals surface area contributed by atoms with Crippen molar-refractivity contribution in [3.8, 4) is 11.1 Å². The maximum atomic E-state index is 14.6. The van der Waals surface area contributed by atoms with Crippen LogP contribution in [0.2, 0.25) is 0 Å². The molecule has 43 heavy (non-hydrogen) atoms. The molecule has 3 atom stereocenters. The van der Waals surface area contributed by atoms with Gasteiger partial charge in [-0.3, -0.25) is 19.4 Å². The number of carbonyl (C=O) groups is 3. The van der Waals surface area contributed by atoms with E-state index in [1.165, 1.54) is 0 Å². The zero-order valence-corrected chi connectivity index (χ0v) is 26.6. The summed E-state index contributed by atoms with van der Waals surface area (Å²) in [4.78, 5) is 41.5. The largest absolute Gasteiger partial charge is 0.460 e. The lowest BCUT2D eigenvalue weighted by atomic mass is 9.74. The number of nitrogens with one attached hydrogen (secondary N) is 1. The molecule has 2 aromatic rings. The fraction of sp³-hybridized carbons (Fsp3) is 0.559. The Labute approximate surface area is 256 Å². The quantitative estimate of drug-likeness (QED) is 0.0739. The number of esters is 1. The smallest absolute Gasteiger partial charge is 0.306 e. The molecular weight excluding hydrogens is 546 g/mol. The number of benzene rings is 2. The predicted molar refractivity (Wildman–Crippen MR) is 168 cm³/mol. The van der Waals surface area contributed by atoms with E-state index in [0.29, 0.717) is 12.0 Å². The molecule has 9 heteroatoms. The molecule has 5 N–H and O–H groups in total. The predicted octanol–water partition coefficient (Wildman–Crippen LogP) is 4.39. The van der Waals surface area contributed by atoms with E-state index in [9.17, 15) is 24.6 Å². The minimum absolute atomic E-state index is 0.0931. The Morgan fingerprint density at radius 2 is 1.58 bits per heavy atom. The Kier molecular flexibility index (Phi) is 13.8. The van der Waals surface area contributed by atoms with E-state index in [-0.39, 0.29) is 31.8 Å². The normalized spacial score (nSPS) is 14.5. The summed E-state index contributed by atoms with van der Waals surface area (Å²) in [7, 11) is 0. The van der Waals surface area contributed by atoms with Gasteiger partial charge in [0, 0.05) is 25.4 Å². The minimum atomic E-state index is -1.90. The minimum Gasteiger partial charge on any atom is -0.460 e. The van der Waals surface area contributed by atoms with E-state index >= 15 is 0 Å². The van der Waals surface area contributed by atoms with Gasteiger partial charge < -0.3 is 20.3 Å². The second kappa shape index (κ2) is 16.5. The van der Waals surface area contributed by atoms with Crippen molar-refractivity contribution in [3.63, 3.8) is 0 Å². The van der Waals surface area contributed by atoms with Crippen molar-refractivity contribution < 1.29 is 29.3 Å². The van der Waals surface area contributed by atoms with E-state index < -0.39 is 47.5 Å². The van der Waals surface area contributed by atoms with E-state index in [1.807, 2.05) is 75.4 Å². The van der Waals surface area contributed by atoms with Gasteiger partial charge in [-0.15, -0.1) is 0 Å². The van der Waals surface area contributed by atoms with Crippen LogP contribution in [0, 0.1) is 11.8 Å². The highest BCUT2D eigenvalue weighted by molar-refractivity contribution is 5.93. The monoisotopic (exact) mass is 597 g/mol. The van der Waals surface area contributed by atoms with Crippen LogP contribution in [0.15, 0.2) is 54.6 Å². The molecule has 238 valence electrons. The third-order valence-corrected chi connectivity index (χ3v) is 7.69. The van der Waals surface area contributed by atoms with Crippen molar-refractivity contribution in [2.45, 2.75) is 97.2 Å². The standard InChI is InChI=1S/C34H51N3O6/c1-7-8-10-19-30(40)37(35)34(32(42)36-29(23-39)24(2)3,27(22-38)20-31(41)43-33(4,5)6)21-26-17-13-14-18-28(26)25-15-11-9-12-16-25/h9,11-18,24,27,29,38-39H,7-8,10,19-23,35H2,1-6H3,(H,36,42)/t27?,29?,34-/m1/s1. The number of nitrogens with zero attached hydrogens (tertiary/aromatic N) is 1. The number of carbonyl (C=O) groups excluding carboxylic acids is 3. The molecule has 2 aromatic carbocycles. The molecule has 0 fully saturated rings. The topological polar surface area (TPSA) is 142 Å². The molecular formula is C34H51N3O6. The van der Waals surface area contributed by atoms with Crippen molar-refractivity contribution in [2.75, 3.05) is 13.2 Å². The number of aliphatic hydroxyl groups excluding tert-OH is 2. The Morgan fingerprint density at radius 1 is 0.953 bits per heavy atom. The lowest BCUT2D eigenvalue weighted by Crippen LogP contribution is -2.70. The molecule has 0 aliphatic rings. The number of unbranched alkanes of at least 4 members (excludes halogenated alkanes) is 2. The number of amides is 2. The van der Waals surface area contributed by atoms with Gasteiger partial charge in [0.05, 0.1) is 19.1 Å². The number of aliphatic hydroxyl groups is 2. The summed E-state index contributed by atoms with van der Waals surface area (Å²) < 4.78 is 5.58. The van der Waals surface area contributed by atoms with Gasteiger partial charge in [-0.2, -0.15) is 0 Å². The van der Waals surface area contributed by atoms with Gasteiger partial charge in [-0.25, -0.2) is 5.84 Å².